The van der Waals surface area contributed by atoms with Crippen LogP contribution in [0.25, 0.3) is 11.0 Å². The summed E-state index contributed by atoms with van der Waals surface area (Å²) in [5.74, 6) is -0.115. The Kier molecular flexibility index (Phi) is 2.06. The van der Waals surface area contributed by atoms with Gasteiger partial charge in [-0.2, -0.15) is 13.2 Å². The molecule has 1 aromatic heterocycles. The molecule has 0 aliphatic carbocycles. The number of halogens is 3. The zero-order chi connectivity index (χ0) is 11.1. The van der Waals surface area contributed by atoms with Crippen LogP contribution in [0.4, 0.5) is 18.9 Å². The molecule has 3 N–H and O–H groups in total. The van der Waals surface area contributed by atoms with Gasteiger partial charge in [-0.15, -0.1) is 0 Å². The molecule has 80 valence electrons. The van der Waals surface area contributed by atoms with E-state index in [-0.39, 0.29) is 5.82 Å². The number of aromatic nitrogens is 2. The first-order chi connectivity index (χ1) is 6.96. The minimum atomic E-state index is -4.26. The summed E-state index contributed by atoms with van der Waals surface area (Å²) >= 11 is 0. The number of para-hydroxylation sites is 1. The predicted octanol–water partition coefficient (Wildman–Crippen LogP) is 2.25. The molecular formula is C9H8F3N3. The first-order valence-electron chi connectivity index (χ1n) is 4.25. The van der Waals surface area contributed by atoms with Gasteiger partial charge in [0.05, 0.1) is 11.2 Å². The number of nitrogens with one attached hydrogen (secondary N) is 1. The van der Waals surface area contributed by atoms with Gasteiger partial charge >= 0.3 is 6.18 Å². The molecule has 0 unspecified atom stereocenters. The molecule has 2 aromatic rings. The molecule has 0 fully saturated rings. The minimum absolute atomic E-state index is 0.115. The van der Waals surface area contributed by atoms with Crippen LogP contribution in [-0.4, -0.2) is 16.1 Å². The molecule has 0 saturated carbocycles. The number of anilines is 1. The van der Waals surface area contributed by atoms with Crippen molar-refractivity contribution in [3.8, 4) is 0 Å². The van der Waals surface area contributed by atoms with Crippen molar-refractivity contribution in [2.75, 3.05) is 5.73 Å². The summed E-state index contributed by atoms with van der Waals surface area (Å²) in [6, 6.07) is 4.90. The summed E-state index contributed by atoms with van der Waals surface area (Å²) in [5, 5.41) is 0. The van der Waals surface area contributed by atoms with E-state index in [0.717, 1.165) is 0 Å². The molecule has 0 aliphatic heterocycles. The highest BCUT2D eigenvalue weighted by Gasteiger charge is 2.29. The number of hydrogen-bond donors (Lipinski definition) is 2. The average molecular weight is 215 g/mol. The largest absolute Gasteiger partial charge is 0.397 e. The summed E-state index contributed by atoms with van der Waals surface area (Å²) < 4.78 is 36.2. The quantitative estimate of drug-likeness (QED) is 0.717. The zero-order valence-electron chi connectivity index (χ0n) is 7.60. The van der Waals surface area contributed by atoms with E-state index in [2.05, 4.69) is 9.97 Å². The smallest absolute Gasteiger partial charge is 0.396 e. The van der Waals surface area contributed by atoms with Crippen LogP contribution in [0, 0.1) is 0 Å². The molecule has 0 radical (unpaired) electrons. The summed E-state index contributed by atoms with van der Waals surface area (Å²) in [4.78, 5) is 6.38. The van der Waals surface area contributed by atoms with Gasteiger partial charge in [0.1, 0.15) is 17.8 Å². The number of rotatable bonds is 1. The van der Waals surface area contributed by atoms with Crippen molar-refractivity contribution in [1.29, 1.82) is 0 Å². The van der Waals surface area contributed by atoms with E-state index in [1.54, 1.807) is 18.2 Å². The molecular weight excluding hydrogens is 207 g/mol. The maximum absolute atomic E-state index is 12.1. The zero-order valence-corrected chi connectivity index (χ0v) is 7.60. The predicted molar refractivity (Wildman–Crippen MR) is 50.3 cm³/mol. The molecule has 0 amide bonds. The van der Waals surface area contributed by atoms with Crippen molar-refractivity contribution in [1.82, 2.24) is 9.97 Å². The van der Waals surface area contributed by atoms with Gasteiger partial charge in [0.25, 0.3) is 0 Å². The van der Waals surface area contributed by atoms with Crippen molar-refractivity contribution in [2.45, 2.75) is 12.6 Å². The van der Waals surface area contributed by atoms with E-state index in [4.69, 9.17) is 5.73 Å². The number of aromatic amines is 1. The van der Waals surface area contributed by atoms with Crippen molar-refractivity contribution in [2.24, 2.45) is 0 Å². The van der Waals surface area contributed by atoms with E-state index in [1.165, 1.54) is 0 Å². The van der Waals surface area contributed by atoms with E-state index in [9.17, 15) is 13.2 Å². The normalized spacial score (nSPS) is 12.2. The number of fused-ring (bicyclic) bond motifs is 1. The highest BCUT2D eigenvalue weighted by Crippen LogP contribution is 2.23. The SMILES string of the molecule is Nc1cccc2[nH]c(CC(F)(F)F)nc12. The maximum Gasteiger partial charge on any atom is 0.396 e. The molecule has 2 rings (SSSR count). The second-order valence-corrected chi connectivity index (χ2v) is 3.22. The molecule has 15 heavy (non-hydrogen) atoms. The Morgan fingerprint density at radius 2 is 2.07 bits per heavy atom. The van der Waals surface area contributed by atoms with Crippen LogP contribution < -0.4 is 5.73 Å². The Hall–Kier alpha value is -1.72. The number of nitrogens with two attached hydrogens (primary N) is 1. The standard InChI is InChI=1S/C9H8F3N3/c10-9(11,12)4-7-14-6-3-1-2-5(13)8(6)15-7/h1-3H,4,13H2,(H,14,15). The van der Waals surface area contributed by atoms with Crippen molar-refractivity contribution in [3.63, 3.8) is 0 Å². The first-order valence-corrected chi connectivity index (χ1v) is 4.25. The third-order valence-electron chi connectivity index (χ3n) is 1.96. The summed E-state index contributed by atoms with van der Waals surface area (Å²) in [7, 11) is 0. The highest BCUT2D eigenvalue weighted by atomic mass is 19.4. The molecule has 1 heterocycles. The Labute approximate surface area is 83.1 Å². The lowest BCUT2D eigenvalue weighted by Crippen LogP contribution is -2.12. The van der Waals surface area contributed by atoms with Gasteiger partial charge in [-0.1, -0.05) is 6.07 Å². The fourth-order valence-electron chi connectivity index (χ4n) is 1.38. The van der Waals surface area contributed by atoms with Gasteiger partial charge in [0.15, 0.2) is 0 Å². The number of nitrogens with zero attached hydrogens (tertiary/aromatic N) is 1. The summed E-state index contributed by atoms with van der Waals surface area (Å²) in [6.07, 6.45) is -5.33. The van der Waals surface area contributed by atoms with Gasteiger partial charge in [0.2, 0.25) is 0 Å². The second-order valence-electron chi connectivity index (χ2n) is 3.22. The highest BCUT2D eigenvalue weighted by molar-refractivity contribution is 5.86. The number of imidazole rings is 1. The number of hydrogen-bond acceptors (Lipinski definition) is 2. The lowest BCUT2D eigenvalue weighted by molar-refractivity contribution is -0.128. The van der Waals surface area contributed by atoms with E-state index >= 15 is 0 Å². The fourth-order valence-corrected chi connectivity index (χ4v) is 1.38. The van der Waals surface area contributed by atoms with Gasteiger partial charge in [-0.3, -0.25) is 0 Å². The molecule has 0 spiro atoms. The molecule has 0 saturated heterocycles. The fraction of sp³-hybridized carbons (Fsp3) is 0.222. The van der Waals surface area contributed by atoms with Crippen LogP contribution >= 0.6 is 0 Å². The lowest BCUT2D eigenvalue weighted by Gasteiger charge is -2.01. The Morgan fingerprint density at radius 1 is 1.33 bits per heavy atom. The molecule has 0 aliphatic rings. The monoisotopic (exact) mass is 215 g/mol. The van der Waals surface area contributed by atoms with Crippen molar-refractivity contribution < 1.29 is 13.2 Å². The molecule has 0 bridgehead atoms. The first kappa shape index (κ1) is 9.82. The van der Waals surface area contributed by atoms with Crippen LogP contribution in [0.5, 0.6) is 0 Å². The topological polar surface area (TPSA) is 54.7 Å². The van der Waals surface area contributed by atoms with E-state index < -0.39 is 12.6 Å². The third kappa shape index (κ3) is 2.03. The van der Waals surface area contributed by atoms with Crippen molar-refractivity contribution in [3.05, 3.63) is 24.0 Å². The molecule has 0 atom stereocenters. The maximum atomic E-state index is 12.1. The Bertz CT molecular complexity index is 487. The van der Waals surface area contributed by atoms with Gasteiger partial charge < -0.3 is 10.7 Å². The Morgan fingerprint density at radius 3 is 2.67 bits per heavy atom. The van der Waals surface area contributed by atoms with Crippen LogP contribution in [0.15, 0.2) is 18.2 Å². The van der Waals surface area contributed by atoms with Crippen LogP contribution in [-0.2, 0) is 6.42 Å². The number of H-pyrrole nitrogens is 1. The van der Waals surface area contributed by atoms with Crippen LogP contribution in [0.3, 0.4) is 0 Å². The van der Waals surface area contributed by atoms with Crippen LogP contribution in [0.1, 0.15) is 5.82 Å². The lowest BCUT2D eigenvalue weighted by atomic mass is 10.3. The minimum Gasteiger partial charge on any atom is -0.397 e. The number of alkyl halides is 3. The van der Waals surface area contributed by atoms with E-state index in [0.29, 0.717) is 16.7 Å². The molecule has 1 aromatic carbocycles. The van der Waals surface area contributed by atoms with Gasteiger partial charge in [-0.05, 0) is 12.1 Å². The second kappa shape index (κ2) is 3.15. The number of benzene rings is 1. The van der Waals surface area contributed by atoms with Gasteiger partial charge in [0, 0.05) is 0 Å². The summed E-state index contributed by atoms with van der Waals surface area (Å²) in [5.41, 5.74) is 6.85. The Balaban J connectivity index is 2.44. The average Bonchev–Trinajstić information content (AvgIpc) is 2.45. The van der Waals surface area contributed by atoms with Gasteiger partial charge in [-0.25, -0.2) is 4.98 Å². The van der Waals surface area contributed by atoms with E-state index in [1.807, 2.05) is 0 Å². The molecule has 6 heteroatoms. The third-order valence-corrected chi connectivity index (χ3v) is 1.96. The van der Waals surface area contributed by atoms with Crippen molar-refractivity contribution >= 4 is 16.7 Å². The number of nitrogen functional groups attached to an aromatic ring is 1. The van der Waals surface area contributed by atoms with Crippen LogP contribution in [0.2, 0.25) is 0 Å². The summed E-state index contributed by atoms with van der Waals surface area (Å²) in [6.45, 7) is 0. The molecule has 3 nitrogen and oxygen atoms in total.